The van der Waals surface area contributed by atoms with Gasteiger partial charge in [-0.25, -0.2) is 5.10 Å². The van der Waals surface area contributed by atoms with Crippen LogP contribution in [0.3, 0.4) is 0 Å². The second kappa shape index (κ2) is 10.4. The molecule has 0 radical (unpaired) electrons. The van der Waals surface area contributed by atoms with Gasteiger partial charge in [0.1, 0.15) is 0 Å². The lowest BCUT2D eigenvalue weighted by atomic mass is 10.2. The molecule has 0 aliphatic carbocycles. The van der Waals surface area contributed by atoms with Crippen LogP contribution in [0.1, 0.15) is 111 Å². The summed E-state index contributed by atoms with van der Waals surface area (Å²) in [4.78, 5) is 0. The van der Waals surface area contributed by atoms with Crippen LogP contribution >= 0.6 is 0 Å². The summed E-state index contributed by atoms with van der Waals surface area (Å²) in [5.41, 5.74) is 1.16. The molecule has 0 atom stereocenters. The van der Waals surface area contributed by atoms with E-state index in [1.807, 2.05) is 0 Å². The van der Waals surface area contributed by atoms with Crippen molar-refractivity contribution in [2.75, 3.05) is 0 Å². The predicted octanol–water partition coefficient (Wildman–Crippen LogP) is 7.54. The smallest absolute Gasteiger partial charge is 0.383 e. The first-order chi connectivity index (χ1) is 11.1. The monoisotopic (exact) mass is 396 g/mol. The highest BCUT2D eigenvalue weighted by molar-refractivity contribution is 6.62. The Morgan fingerprint density at radius 1 is 0.731 bits per heavy atom. The molecule has 0 aromatic carbocycles. The summed E-state index contributed by atoms with van der Waals surface area (Å²) >= 11 is -1.11. The van der Waals surface area contributed by atoms with E-state index in [4.69, 9.17) is 5.10 Å². The van der Waals surface area contributed by atoms with Gasteiger partial charge in [-0.3, -0.25) is 0 Å². The minimum absolute atomic E-state index is 0.0880. The maximum Gasteiger partial charge on any atom is 0.448 e. The molecule has 0 amide bonds. The normalized spacial score (nSPS) is 13.0. The van der Waals surface area contributed by atoms with Crippen molar-refractivity contribution in [3.05, 3.63) is 0 Å². The number of hydrogen-bond acceptors (Lipinski definition) is 2. The van der Waals surface area contributed by atoms with Gasteiger partial charge >= 0.3 is 14.4 Å². The molecule has 0 rings (SSSR count). The number of nitrogens with zero attached hydrogens (tertiary/aromatic N) is 2. The Morgan fingerprint density at radius 2 is 1.04 bits per heavy atom. The van der Waals surface area contributed by atoms with Gasteiger partial charge in [-0.1, -0.05) is 100 Å². The Labute approximate surface area is 177 Å². The average molecular weight is 397 g/mol. The van der Waals surface area contributed by atoms with Crippen molar-refractivity contribution in [2.45, 2.75) is 134 Å². The van der Waals surface area contributed by atoms with Crippen LogP contribution in [0.15, 0.2) is 5.10 Å². The molecule has 0 saturated carbocycles. The highest BCUT2D eigenvalue weighted by Gasteiger charge is 2.48. The summed E-state index contributed by atoms with van der Waals surface area (Å²) < 4.78 is 4.37. The van der Waals surface area contributed by atoms with Crippen molar-refractivity contribution in [3.63, 3.8) is 0 Å². The molecule has 0 fully saturated rings. The fraction of sp³-hybridized carbons (Fsp3) is 0.955. The van der Waals surface area contributed by atoms with E-state index >= 15 is 0 Å². The number of hydrogen-bond donors (Lipinski definition) is 0. The molecule has 0 unspecified atom stereocenters. The Balaban J connectivity index is 0. The molecule has 0 aromatic heterocycles. The van der Waals surface area contributed by atoms with Gasteiger partial charge in [0, 0.05) is 11.8 Å². The zero-order valence-electron chi connectivity index (χ0n) is 21.3. The second-order valence-corrected chi connectivity index (χ2v) is 22.3. The summed E-state index contributed by atoms with van der Waals surface area (Å²) in [5.74, 6) is 0. The molecule has 0 heterocycles. The van der Waals surface area contributed by atoms with Gasteiger partial charge in [-0.05, 0) is 27.7 Å². The van der Waals surface area contributed by atoms with E-state index < -0.39 is 14.4 Å². The van der Waals surface area contributed by atoms with Gasteiger partial charge in [-0.15, -0.1) is 0 Å². The van der Waals surface area contributed by atoms with Crippen LogP contribution in [-0.4, -0.2) is 45.3 Å². The van der Waals surface area contributed by atoms with Gasteiger partial charge in [0.25, 0.3) is 15.2 Å². The van der Waals surface area contributed by atoms with Gasteiger partial charge < -0.3 is 3.99 Å². The first-order valence-corrected chi connectivity index (χ1v) is 13.5. The van der Waals surface area contributed by atoms with Crippen LogP contribution in [0.4, 0.5) is 0 Å². The molecule has 0 aliphatic rings. The van der Waals surface area contributed by atoms with Crippen molar-refractivity contribution in [1.82, 2.24) is 3.99 Å². The van der Waals surface area contributed by atoms with E-state index in [0.29, 0.717) is 23.1 Å². The van der Waals surface area contributed by atoms with Crippen LogP contribution in [0, 0.1) is 0 Å². The summed E-state index contributed by atoms with van der Waals surface area (Å²) in [7, 11) is 0. The molecule has 0 saturated heterocycles. The Hall–Kier alpha value is 0.535. The van der Waals surface area contributed by atoms with Crippen LogP contribution < -0.4 is 0 Å². The highest BCUT2D eigenvalue weighted by atomic mass is 27.2. The molecule has 0 aromatic rings. The molecule has 0 N–H and O–H groups in total. The van der Waals surface area contributed by atoms with Crippen LogP contribution in [-0.2, 0) is 0 Å². The third kappa shape index (κ3) is 14.6. The zero-order valence-corrected chi connectivity index (χ0v) is 23.8. The molecular formula is C22H50Al2N2. The van der Waals surface area contributed by atoms with Crippen LogP contribution in [0.2, 0.25) is 17.1 Å². The molecular weight excluding hydrogens is 346 g/mol. The van der Waals surface area contributed by atoms with E-state index in [2.05, 4.69) is 115 Å². The number of hydrazone groups is 1. The van der Waals surface area contributed by atoms with Crippen molar-refractivity contribution in [3.8, 4) is 0 Å². The fourth-order valence-corrected chi connectivity index (χ4v) is 12.7. The highest BCUT2D eigenvalue weighted by Crippen LogP contribution is 2.44. The molecule has 0 spiro atoms. The summed E-state index contributed by atoms with van der Waals surface area (Å²) in [6.45, 7) is 37.0. The van der Waals surface area contributed by atoms with Crippen LogP contribution in [0.25, 0.3) is 0 Å². The van der Waals surface area contributed by atoms with E-state index in [-0.39, 0.29) is 15.2 Å². The molecule has 26 heavy (non-hydrogen) atoms. The molecule has 0 bridgehead atoms. The minimum Gasteiger partial charge on any atom is -0.383 e. The van der Waals surface area contributed by atoms with E-state index in [0.717, 1.165) is 5.71 Å². The predicted molar refractivity (Wildman–Crippen MR) is 128 cm³/mol. The fourth-order valence-electron chi connectivity index (χ4n) is 4.39. The summed E-state index contributed by atoms with van der Waals surface area (Å²) in [5, 5.41) is 4.82. The van der Waals surface area contributed by atoms with Gasteiger partial charge in [0.2, 0.25) is 0 Å². The van der Waals surface area contributed by atoms with Crippen molar-refractivity contribution >= 4 is 35.3 Å². The lowest BCUT2D eigenvalue weighted by Gasteiger charge is -2.44. The summed E-state index contributed by atoms with van der Waals surface area (Å²) in [6.07, 6.45) is 0. The van der Waals surface area contributed by atoms with E-state index in [1.165, 1.54) is 0 Å². The van der Waals surface area contributed by atoms with Gasteiger partial charge in [0.15, 0.2) is 0 Å². The quantitative estimate of drug-likeness (QED) is 0.273. The zero-order chi connectivity index (χ0) is 21.7. The van der Waals surface area contributed by atoms with Crippen molar-refractivity contribution in [2.24, 2.45) is 5.10 Å². The third-order valence-electron chi connectivity index (χ3n) is 3.81. The lowest BCUT2D eigenvalue weighted by molar-refractivity contribution is 0.344. The minimum atomic E-state index is -1.19. The second-order valence-electron chi connectivity index (χ2n) is 13.0. The Morgan fingerprint density at radius 3 is 1.15 bits per heavy atom. The molecule has 154 valence electrons. The Bertz CT molecular complexity index is 397. The van der Waals surface area contributed by atoms with Gasteiger partial charge in [0.05, 0.1) is 0 Å². The van der Waals surface area contributed by atoms with Gasteiger partial charge in [-0.2, -0.15) is 0 Å². The van der Waals surface area contributed by atoms with E-state index in [9.17, 15) is 0 Å². The molecule has 4 heteroatoms. The first kappa shape index (κ1) is 28.7. The first-order valence-electron chi connectivity index (χ1n) is 10.4. The number of rotatable bonds is 3. The SMILES string of the molecule is CC(C)=N[N](C(C)C)[Al]([C](C)(C)C)[C](C)(C)C.C[C](C)(C)[AlH][C](C)(C)C. The van der Waals surface area contributed by atoms with Crippen LogP contribution in [0.5, 0.6) is 0 Å². The van der Waals surface area contributed by atoms with Crippen molar-refractivity contribution in [1.29, 1.82) is 0 Å². The van der Waals surface area contributed by atoms with Crippen molar-refractivity contribution < 1.29 is 0 Å². The molecule has 2 nitrogen and oxygen atoms in total. The lowest BCUT2D eigenvalue weighted by Crippen LogP contribution is -2.51. The topological polar surface area (TPSA) is 15.6 Å². The maximum absolute atomic E-state index is 4.82. The third-order valence-corrected chi connectivity index (χ3v) is 10.5. The largest absolute Gasteiger partial charge is 0.448 e. The standard InChI is InChI=1S/C6H13N2.4C4H9.2Al.H/c1-5(2)7-8-6(3)4;4*1-4(2)3;;;/h5H,1-4H3;4*1-3H3;;;/q-1;;;;;;+1;. The molecule has 0 aliphatic heterocycles. The Kier molecular flexibility index (Phi) is 11.4. The van der Waals surface area contributed by atoms with E-state index in [1.54, 1.807) is 0 Å². The maximum atomic E-state index is 4.82. The average Bonchev–Trinajstić information content (AvgIpc) is 2.18. The summed E-state index contributed by atoms with van der Waals surface area (Å²) in [6, 6.07) is 0.486.